The fraction of sp³-hybridized carbons (Fsp3) is 0.571. The van der Waals surface area contributed by atoms with Crippen LogP contribution in [0.1, 0.15) is 22.6 Å². The zero-order valence-electron chi connectivity index (χ0n) is 13.0. The van der Waals surface area contributed by atoms with Crippen LogP contribution in [0.3, 0.4) is 0 Å². The van der Waals surface area contributed by atoms with Gasteiger partial charge in [0.1, 0.15) is 0 Å². The van der Waals surface area contributed by atoms with Crippen LogP contribution in [0.15, 0.2) is 6.20 Å². The van der Waals surface area contributed by atoms with E-state index in [4.69, 9.17) is 16.3 Å². The van der Waals surface area contributed by atoms with Crippen molar-refractivity contribution in [3.8, 4) is 0 Å². The van der Waals surface area contributed by atoms with Gasteiger partial charge in [-0.1, -0.05) is 11.6 Å². The molecule has 21 heavy (non-hydrogen) atoms. The van der Waals surface area contributed by atoms with Crippen LogP contribution in [0, 0.1) is 13.8 Å². The Morgan fingerprint density at radius 1 is 1.29 bits per heavy atom. The summed E-state index contributed by atoms with van der Waals surface area (Å²) in [6.45, 7) is 6.86. The minimum Gasteiger partial charge on any atom is -0.383 e. The van der Waals surface area contributed by atoms with E-state index in [0.717, 1.165) is 30.2 Å². The molecule has 0 saturated heterocycles. The summed E-state index contributed by atoms with van der Waals surface area (Å²) in [7, 11) is 3.60. The average molecular weight is 312 g/mol. The second kappa shape index (κ2) is 7.06. The van der Waals surface area contributed by atoms with E-state index in [1.165, 1.54) is 5.56 Å². The summed E-state index contributed by atoms with van der Waals surface area (Å²) in [5.74, 6) is 0. The third kappa shape index (κ3) is 3.84. The normalized spacial score (nSPS) is 11.3. The highest BCUT2D eigenvalue weighted by atomic mass is 35.5. The summed E-state index contributed by atoms with van der Waals surface area (Å²) < 4.78 is 8.73. The summed E-state index contributed by atoms with van der Waals surface area (Å²) >= 11 is 6.28. The van der Waals surface area contributed by atoms with Gasteiger partial charge in [0.15, 0.2) is 0 Å². The molecule has 0 fully saturated rings. The topological polar surface area (TPSA) is 56.9 Å². The lowest BCUT2D eigenvalue weighted by atomic mass is 10.2. The van der Waals surface area contributed by atoms with Gasteiger partial charge in [-0.3, -0.25) is 9.36 Å². The molecule has 116 valence electrons. The first kappa shape index (κ1) is 16.0. The van der Waals surface area contributed by atoms with Crippen molar-refractivity contribution in [1.29, 1.82) is 0 Å². The van der Waals surface area contributed by atoms with Crippen molar-refractivity contribution < 1.29 is 4.74 Å². The van der Waals surface area contributed by atoms with E-state index in [1.54, 1.807) is 7.11 Å². The Morgan fingerprint density at radius 3 is 2.67 bits per heavy atom. The van der Waals surface area contributed by atoms with E-state index >= 15 is 0 Å². The Hall–Kier alpha value is -1.37. The Morgan fingerprint density at radius 2 is 2.05 bits per heavy atom. The minimum atomic E-state index is 0.620. The molecule has 2 aromatic rings. The average Bonchev–Trinajstić information content (AvgIpc) is 2.90. The van der Waals surface area contributed by atoms with Crippen molar-refractivity contribution in [3.05, 3.63) is 33.9 Å². The molecule has 0 aliphatic heterocycles. The summed E-state index contributed by atoms with van der Waals surface area (Å²) in [4.78, 5) is 0. The van der Waals surface area contributed by atoms with Gasteiger partial charge in [0.05, 0.1) is 35.3 Å². The summed E-state index contributed by atoms with van der Waals surface area (Å²) in [6, 6.07) is 0. The molecule has 0 radical (unpaired) electrons. The van der Waals surface area contributed by atoms with Gasteiger partial charge < -0.3 is 10.1 Å². The smallest absolute Gasteiger partial charge is 0.0866 e. The standard InChI is InChI=1S/C14H22ClN5O/c1-10-12(7-16-5-6-21-4)8-20(18-10)9-13-14(15)11(2)17-19(13)3/h8,16H,5-7,9H2,1-4H3. The Balaban J connectivity index is 2.04. The highest BCUT2D eigenvalue weighted by Gasteiger charge is 2.13. The van der Waals surface area contributed by atoms with Crippen molar-refractivity contribution in [2.75, 3.05) is 20.3 Å². The van der Waals surface area contributed by atoms with E-state index in [9.17, 15) is 0 Å². The molecule has 0 bridgehead atoms. The minimum absolute atomic E-state index is 0.620. The van der Waals surface area contributed by atoms with Crippen molar-refractivity contribution in [3.63, 3.8) is 0 Å². The molecule has 0 atom stereocenters. The maximum absolute atomic E-state index is 6.28. The number of ether oxygens (including phenoxy) is 1. The van der Waals surface area contributed by atoms with E-state index in [0.29, 0.717) is 18.2 Å². The Bertz CT molecular complexity index is 605. The van der Waals surface area contributed by atoms with Crippen LogP contribution >= 0.6 is 11.6 Å². The van der Waals surface area contributed by atoms with Crippen molar-refractivity contribution in [2.24, 2.45) is 7.05 Å². The van der Waals surface area contributed by atoms with E-state index in [-0.39, 0.29) is 0 Å². The van der Waals surface area contributed by atoms with Gasteiger partial charge in [-0.2, -0.15) is 10.2 Å². The van der Waals surface area contributed by atoms with Gasteiger partial charge in [-0.05, 0) is 13.8 Å². The lowest BCUT2D eigenvalue weighted by Crippen LogP contribution is -2.18. The highest BCUT2D eigenvalue weighted by molar-refractivity contribution is 6.31. The predicted molar refractivity (Wildman–Crippen MR) is 82.6 cm³/mol. The van der Waals surface area contributed by atoms with Gasteiger partial charge in [0, 0.05) is 39.0 Å². The monoisotopic (exact) mass is 311 g/mol. The van der Waals surface area contributed by atoms with Gasteiger partial charge >= 0.3 is 0 Å². The number of hydrogen-bond acceptors (Lipinski definition) is 4. The van der Waals surface area contributed by atoms with Gasteiger partial charge in [-0.15, -0.1) is 0 Å². The van der Waals surface area contributed by atoms with Crippen LogP contribution in [0.25, 0.3) is 0 Å². The van der Waals surface area contributed by atoms with Crippen LogP contribution in [-0.2, 0) is 24.9 Å². The number of nitrogens with one attached hydrogen (secondary N) is 1. The maximum atomic E-state index is 6.28. The highest BCUT2D eigenvalue weighted by Crippen LogP contribution is 2.20. The first-order chi connectivity index (χ1) is 10.0. The van der Waals surface area contributed by atoms with Crippen LogP contribution in [0.5, 0.6) is 0 Å². The molecular formula is C14H22ClN5O. The third-order valence-electron chi connectivity index (χ3n) is 3.42. The molecule has 6 nitrogen and oxygen atoms in total. The molecule has 1 N–H and O–H groups in total. The molecule has 7 heteroatoms. The van der Waals surface area contributed by atoms with Crippen molar-refractivity contribution >= 4 is 11.6 Å². The van der Waals surface area contributed by atoms with E-state index in [1.807, 2.05) is 36.5 Å². The van der Waals surface area contributed by atoms with Crippen molar-refractivity contribution in [1.82, 2.24) is 24.9 Å². The summed E-state index contributed by atoms with van der Waals surface area (Å²) in [5.41, 5.74) is 4.02. The van der Waals surface area contributed by atoms with Crippen LogP contribution in [-0.4, -0.2) is 39.8 Å². The number of aryl methyl sites for hydroxylation is 3. The number of nitrogens with zero attached hydrogens (tertiary/aromatic N) is 4. The second-order valence-corrected chi connectivity index (χ2v) is 5.45. The molecular weight excluding hydrogens is 290 g/mol. The quantitative estimate of drug-likeness (QED) is 0.790. The maximum Gasteiger partial charge on any atom is 0.0866 e. The Labute approximate surface area is 130 Å². The molecule has 0 aromatic carbocycles. The van der Waals surface area contributed by atoms with Gasteiger partial charge in [0.25, 0.3) is 0 Å². The molecule has 0 aliphatic carbocycles. The lowest BCUT2D eigenvalue weighted by Gasteiger charge is -2.03. The van der Waals surface area contributed by atoms with Gasteiger partial charge in [-0.25, -0.2) is 0 Å². The van der Waals surface area contributed by atoms with Crippen LogP contribution < -0.4 is 5.32 Å². The van der Waals surface area contributed by atoms with Crippen molar-refractivity contribution in [2.45, 2.75) is 26.9 Å². The molecule has 0 aliphatic rings. The van der Waals surface area contributed by atoms with Crippen LogP contribution in [0.2, 0.25) is 5.02 Å². The van der Waals surface area contributed by atoms with E-state index in [2.05, 4.69) is 15.5 Å². The number of aromatic nitrogens is 4. The molecule has 2 rings (SSSR count). The Kier molecular flexibility index (Phi) is 5.39. The van der Waals surface area contributed by atoms with E-state index < -0.39 is 0 Å². The van der Waals surface area contributed by atoms with Crippen LogP contribution in [0.4, 0.5) is 0 Å². The number of methoxy groups -OCH3 is 1. The SMILES string of the molecule is COCCNCc1cn(Cc2c(Cl)c(C)nn2C)nc1C. The lowest BCUT2D eigenvalue weighted by molar-refractivity contribution is 0.199. The molecule has 2 aromatic heterocycles. The number of halogens is 1. The largest absolute Gasteiger partial charge is 0.383 e. The number of rotatable bonds is 7. The summed E-state index contributed by atoms with van der Waals surface area (Å²) in [5, 5.41) is 12.9. The third-order valence-corrected chi connectivity index (χ3v) is 3.91. The fourth-order valence-electron chi connectivity index (χ4n) is 2.22. The van der Waals surface area contributed by atoms with Gasteiger partial charge in [0.2, 0.25) is 0 Å². The molecule has 2 heterocycles. The zero-order chi connectivity index (χ0) is 15.4. The molecule has 0 amide bonds. The summed E-state index contributed by atoms with van der Waals surface area (Å²) in [6.07, 6.45) is 2.05. The molecule has 0 spiro atoms. The first-order valence-corrected chi connectivity index (χ1v) is 7.31. The first-order valence-electron chi connectivity index (χ1n) is 6.93. The molecule has 0 saturated carbocycles. The predicted octanol–water partition coefficient (Wildman–Crippen LogP) is 1.67. The fourth-order valence-corrected chi connectivity index (χ4v) is 2.44. The zero-order valence-corrected chi connectivity index (χ0v) is 13.7. The number of hydrogen-bond donors (Lipinski definition) is 1. The molecule has 0 unspecified atom stereocenters. The second-order valence-electron chi connectivity index (χ2n) is 5.08.